The van der Waals surface area contributed by atoms with Gasteiger partial charge in [0.15, 0.2) is 12.4 Å². The lowest BCUT2D eigenvalue weighted by Gasteiger charge is -2.30. The second-order valence-electron chi connectivity index (χ2n) is 7.72. The number of esters is 1. The molecule has 1 aliphatic heterocycles. The first-order chi connectivity index (χ1) is 15.8. The number of nitrogens with two attached hydrogens (primary N) is 1. The van der Waals surface area contributed by atoms with E-state index in [2.05, 4.69) is 15.0 Å². The smallest absolute Gasteiger partial charge is 0.338 e. The molecule has 0 amide bonds. The van der Waals surface area contributed by atoms with E-state index < -0.39 is 16.0 Å². The summed E-state index contributed by atoms with van der Waals surface area (Å²) in [6, 6.07) is 13.3. The van der Waals surface area contributed by atoms with Crippen molar-refractivity contribution in [3.8, 4) is 0 Å². The van der Waals surface area contributed by atoms with Gasteiger partial charge in [-0.2, -0.15) is 15.0 Å². The zero-order valence-electron chi connectivity index (χ0n) is 18.3. The number of ether oxygens (including phenoxy) is 1. The van der Waals surface area contributed by atoms with Gasteiger partial charge in [0.2, 0.25) is 11.9 Å². The van der Waals surface area contributed by atoms with E-state index in [0.29, 0.717) is 18.2 Å². The van der Waals surface area contributed by atoms with Crippen LogP contribution in [-0.2, 0) is 27.8 Å². The summed E-state index contributed by atoms with van der Waals surface area (Å²) in [5.74, 6) is -0.164. The summed E-state index contributed by atoms with van der Waals surface area (Å²) < 4.78 is 33.4. The third-order valence-electron chi connectivity index (χ3n) is 5.14. The molecule has 0 saturated carbocycles. The maximum atomic E-state index is 13.4. The van der Waals surface area contributed by atoms with Crippen LogP contribution in [0.5, 0.6) is 0 Å². The van der Waals surface area contributed by atoms with Crippen LogP contribution >= 0.6 is 0 Å². The number of fused-ring (bicyclic) bond motifs is 1. The van der Waals surface area contributed by atoms with Crippen molar-refractivity contribution in [3.05, 3.63) is 65.5 Å². The van der Waals surface area contributed by atoms with Gasteiger partial charge < -0.3 is 15.4 Å². The largest absolute Gasteiger partial charge is 0.454 e. The molecule has 4 rings (SSSR count). The number of nitrogens with zero attached hydrogens (tertiary/aromatic N) is 5. The molecule has 1 aliphatic rings. The molecule has 11 heteroatoms. The molecule has 0 atom stereocenters. The number of carbonyl (C=O) groups is 1. The van der Waals surface area contributed by atoms with E-state index in [4.69, 9.17) is 10.5 Å². The lowest BCUT2D eigenvalue weighted by atomic mass is 10.0. The number of hydrogen-bond acceptors (Lipinski definition) is 9. The number of benzene rings is 2. The average molecular weight is 469 g/mol. The molecule has 0 bridgehead atoms. The van der Waals surface area contributed by atoms with Crippen LogP contribution in [0, 0.1) is 0 Å². The monoisotopic (exact) mass is 468 g/mol. The number of aryl methyl sites for hydroxylation is 1. The highest BCUT2D eigenvalue weighted by Crippen LogP contribution is 2.32. The third-order valence-corrected chi connectivity index (χ3v) is 6.95. The molecule has 0 aliphatic carbocycles. The molecular formula is C22H24N6O4S. The lowest BCUT2D eigenvalue weighted by molar-refractivity contribution is 0.0462. The van der Waals surface area contributed by atoms with E-state index in [1.807, 2.05) is 18.2 Å². The van der Waals surface area contributed by atoms with Crippen LogP contribution in [0.4, 0.5) is 17.6 Å². The minimum atomic E-state index is -3.85. The SMILES string of the molecule is CN(C)c1nc(N)nc(COC(=O)c2cccc(S(=O)(=O)N3CCCc4ccccc43)c2)n1. The number of carbonyl (C=O) groups excluding carboxylic acids is 1. The van der Waals surface area contributed by atoms with Gasteiger partial charge in [-0.1, -0.05) is 24.3 Å². The van der Waals surface area contributed by atoms with Crippen molar-refractivity contribution < 1.29 is 17.9 Å². The fourth-order valence-electron chi connectivity index (χ4n) is 3.56. The maximum absolute atomic E-state index is 13.4. The van der Waals surface area contributed by atoms with Crippen molar-refractivity contribution in [1.29, 1.82) is 0 Å². The van der Waals surface area contributed by atoms with E-state index in [0.717, 1.165) is 18.4 Å². The molecule has 2 aromatic carbocycles. The van der Waals surface area contributed by atoms with E-state index in [-0.39, 0.29) is 28.8 Å². The van der Waals surface area contributed by atoms with Gasteiger partial charge in [-0.15, -0.1) is 0 Å². The van der Waals surface area contributed by atoms with Crippen molar-refractivity contribution in [3.63, 3.8) is 0 Å². The summed E-state index contributed by atoms with van der Waals surface area (Å²) in [5, 5.41) is 0. The van der Waals surface area contributed by atoms with Crippen LogP contribution in [0.2, 0.25) is 0 Å². The molecule has 0 spiro atoms. The number of anilines is 3. The minimum Gasteiger partial charge on any atom is -0.454 e. The second kappa shape index (κ2) is 9.02. The van der Waals surface area contributed by atoms with Gasteiger partial charge in [0, 0.05) is 20.6 Å². The number of aromatic nitrogens is 3. The molecule has 2 N–H and O–H groups in total. The van der Waals surface area contributed by atoms with E-state index in [1.165, 1.54) is 28.6 Å². The fourth-order valence-corrected chi connectivity index (χ4v) is 5.15. The van der Waals surface area contributed by atoms with Crippen molar-refractivity contribution in [2.24, 2.45) is 0 Å². The maximum Gasteiger partial charge on any atom is 0.338 e. The molecular weight excluding hydrogens is 444 g/mol. The lowest BCUT2D eigenvalue weighted by Crippen LogP contribution is -2.35. The molecule has 2 heterocycles. The molecule has 0 saturated heterocycles. The van der Waals surface area contributed by atoms with E-state index in [9.17, 15) is 13.2 Å². The molecule has 1 aromatic heterocycles. The Morgan fingerprint density at radius 3 is 2.70 bits per heavy atom. The van der Waals surface area contributed by atoms with Crippen LogP contribution in [0.15, 0.2) is 53.4 Å². The number of para-hydroxylation sites is 1. The number of sulfonamides is 1. The first kappa shape index (κ1) is 22.5. The normalized spacial score (nSPS) is 13.3. The van der Waals surface area contributed by atoms with Crippen LogP contribution < -0.4 is 14.9 Å². The Morgan fingerprint density at radius 2 is 1.91 bits per heavy atom. The predicted octanol–water partition coefficient (Wildman–Crippen LogP) is 2.02. The van der Waals surface area contributed by atoms with Gasteiger partial charge in [0.25, 0.3) is 10.0 Å². The molecule has 0 radical (unpaired) electrons. The Morgan fingerprint density at radius 1 is 1.12 bits per heavy atom. The quantitative estimate of drug-likeness (QED) is 0.540. The number of hydrogen-bond donors (Lipinski definition) is 1. The van der Waals surface area contributed by atoms with Gasteiger partial charge in [-0.05, 0) is 42.7 Å². The summed E-state index contributed by atoms with van der Waals surface area (Å²) in [6.07, 6.45) is 1.55. The Balaban J connectivity index is 1.54. The Labute approximate surface area is 192 Å². The molecule has 0 fully saturated rings. The molecule has 172 valence electrons. The van der Waals surface area contributed by atoms with Crippen LogP contribution in [0.3, 0.4) is 0 Å². The van der Waals surface area contributed by atoms with E-state index in [1.54, 1.807) is 25.1 Å². The summed E-state index contributed by atoms with van der Waals surface area (Å²) in [6.45, 7) is 0.145. The van der Waals surface area contributed by atoms with Crippen LogP contribution in [0.25, 0.3) is 0 Å². The molecule has 3 aromatic rings. The average Bonchev–Trinajstić information content (AvgIpc) is 2.81. The Kier molecular flexibility index (Phi) is 6.14. The van der Waals surface area contributed by atoms with Crippen LogP contribution in [0.1, 0.15) is 28.2 Å². The minimum absolute atomic E-state index is 0.00894. The summed E-state index contributed by atoms with van der Waals surface area (Å²) in [5.41, 5.74) is 7.44. The van der Waals surface area contributed by atoms with Gasteiger partial charge in [0.1, 0.15) is 0 Å². The summed E-state index contributed by atoms with van der Waals surface area (Å²) in [4.78, 5) is 26.4. The van der Waals surface area contributed by atoms with E-state index >= 15 is 0 Å². The van der Waals surface area contributed by atoms with Gasteiger partial charge in [-0.25, -0.2) is 13.2 Å². The summed E-state index contributed by atoms with van der Waals surface area (Å²) >= 11 is 0. The standard InChI is InChI=1S/C22H24N6O4S/c1-27(2)22-25-19(24-21(23)26-22)14-32-20(29)16-8-5-10-17(13-16)33(30,31)28-12-6-9-15-7-3-4-11-18(15)28/h3-5,7-8,10-11,13H,6,9,12,14H2,1-2H3,(H2,23,24,25,26). The third kappa shape index (κ3) is 4.72. The number of rotatable bonds is 6. The highest BCUT2D eigenvalue weighted by atomic mass is 32.2. The highest BCUT2D eigenvalue weighted by molar-refractivity contribution is 7.92. The zero-order chi connectivity index (χ0) is 23.6. The first-order valence-electron chi connectivity index (χ1n) is 10.3. The van der Waals surface area contributed by atoms with Gasteiger partial charge in [0.05, 0.1) is 16.1 Å². The van der Waals surface area contributed by atoms with Crippen molar-refractivity contribution in [2.75, 3.05) is 35.6 Å². The topological polar surface area (TPSA) is 132 Å². The molecule has 10 nitrogen and oxygen atoms in total. The zero-order valence-corrected chi connectivity index (χ0v) is 19.1. The van der Waals surface area contributed by atoms with Crippen molar-refractivity contribution in [2.45, 2.75) is 24.3 Å². The Bertz CT molecular complexity index is 1300. The molecule has 33 heavy (non-hydrogen) atoms. The van der Waals surface area contributed by atoms with Crippen molar-refractivity contribution >= 4 is 33.6 Å². The second-order valence-corrected chi connectivity index (χ2v) is 9.58. The first-order valence-corrected chi connectivity index (χ1v) is 11.8. The van der Waals surface area contributed by atoms with Crippen molar-refractivity contribution in [1.82, 2.24) is 15.0 Å². The Hall–Kier alpha value is -3.73. The number of nitrogen functional groups attached to an aromatic ring is 1. The summed E-state index contributed by atoms with van der Waals surface area (Å²) in [7, 11) is -0.354. The highest BCUT2D eigenvalue weighted by Gasteiger charge is 2.29. The van der Waals surface area contributed by atoms with Gasteiger partial charge in [-0.3, -0.25) is 4.31 Å². The van der Waals surface area contributed by atoms with Crippen LogP contribution in [-0.4, -0.2) is 50.0 Å². The predicted molar refractivity (Wildman–Crippen MR) is 123 cm³/mol. The fraction of sp³-hybridized carbons (Fsp3) is 0.273. The molecule has 0 unspecified atom stereocenters. The van der Waals surface area contributed by atoms with Gasteiger partial charge >= 0.3 is 5.97 Å².